The van der Waals surface area contributed by atoms with Crippen LogP contribution < -0.4 is 11.1 Å². The van der Waals surface area contributed by atoms with Crippen LogP contribution in [0.5, 0.6) is 0 Å². The highest BCUT2D eigenvalue weighted by atomic mass is 16.4. The molecule has 0 aliphatic carbocycles. The average Bonchev–Trinajstić information content (AvgIpc) is 3.06. The molecule has 7 rings (SSSR count). The quantitative estimate of drug-likeness (QED) is 0.111. The van der Waals surface area contributed by atoms with Crippen molar-refractivity contribution in [2.24, 2.45) is 5.73 Å². The van der Waals surface area contributed by atoms with Crippen molar-refractivity contribution < 1.29 is 29.4 Å². The first kappa shape index (κ1) is 28.5. The third-order valence-corrected chi connectivity index (χ3v) is 8.71. The second-order valence-corrected chi connectivity index (χ2v) is 11.2. The van der Waals surface area contributed by atoms with Crippen molar-refractivity contribution in [1.82, 2.24) is 5.32 Å². The minimum absolute atomic E-state index is 0.0573. The maximum Gasteiger partial charge on any atom is 0.337 e. The Morgan fingerprint density at radius 2 is 1.15 bits per heavy atom. The van der Waals surface area contributed by atoms with E-state index in [1.54, 1.807) is 18.2 Å². The monoisotopic (exact) mass is 606 g/mol. The number of amides is 2. The lowest BCUT2D eigenvalue weighted by atomic mass is 9.81. The van der Waals surface area contributed by atoms with E-state index in [1.165, 1.54) is 6.07 Å². The van der Waals surface area contributed by atoms with Gasteiger partial charge >= 0.3 is 11.9 Å². The maximum atomic E-state index is 14.3. The van der Waals surface area contributed by atoms with Crippen LogP contribution in [0.3, 0.4) is 0 Å². The van der Waals surface area contributed by atoms with Crippen LogP contribution in [0.25, 0.3) is 43.1 Å². The summed E-state index contributed by atoms with van der Waals surface area (Å²) in [6.45, 7) is 0.0573. The Morgan fingerprint density at radius 1 is 0.565 bits per heavy atom. The van der Waals surface area contributed by atoms with Crippen molar-refractivity contribution in [3.63, 3.8) is 0 Å². The Labute approximate surface area is 262 Å². The molecule has 2 amide bonds. The maximum absolute atomic E-state index is 14.3. The molecule has 0 saturated heterocycles. The van der Waals surface area contributed by atoms with Crippen molar-refractivity contribution >= 4 is 66.8 Å². The van der Waals surface area contributed by atoms with Crippen LogP contribution in [-0.2, 0) is 0 Å². The fraction of sp³-hybridized carbons (Fsp3) is 0.0526. The molecule has 7 aromatic carbocycles. The number of hydrogen-bond acceptors (Lipinski definition) is 4. The van der Waals surface area contributed by atoms with Gasteiger partial charge in [-0.15, -0.1) is 0 Å². The van der Waals surface area contributed by atoms with Gasteiger partial charge in [0.25, 0.3) is 5.91 Å². The second kappa shape index (κ2) is 11.0. The number of aromatic carboxylic acids is 2. The first-order valence-electron chi connectivity index (χ1n) is 14.6. The van der Waals surface area contributed by atoms with Crippen LogP contribution in [-0.4, -0.2) is 40.5 Å². The van der Waals surface area contributed by atoms with Crippen LogP contribution in [0.4, 0.5) is 0 Å². The molecule has 46 heavy (non-hydrogen) atoms. The summed E-state index contributed by atoms with van der Waals surface area (Å²) in [7, 11) is 0. The Morgan fingerprint density at radius 3 is 1.72 bits per heavy atom. The minimum Gasteiger partial charge on any atom is -0.478 e. The number of hydrogen-bond donors (Lipinski definition) is 4. The lowest BCUT2D eigenvalue weighted by Gasteiger charge is -2.23. The van der Waals surface area contributed by atoms with Gasteiger partial charge in [-0.3, -0.25) is 9.59 Å². The van der Waals surface area contributed by atoms with Crippen LogP contribution in [0.2, 0.25) is 0 Å². The molecule has 0 aliphatic rings. The van der Waals surface area contributed by atoms with E-state index in [2.05, 4.69) is 5.32 Å². The molecule has 7 aromatic rings. The van der Waals surface area contributed by atoms with Crippen molar-refractivity contribution in [2.75, 3.05) is 6.54 Å². The van der Waals surface area contributed by atoms with Crippen molar-refractivity contribution in [2.45, 2.75) is 5.92 Å². The number of benzene rings is 7. The molecule has 0 saturated carbocycles. The average molecular weight is 607 g/mol. The van der Waals surface area contributed by atoms with Crippen LogP contribution in [0.15, 0.2) is 109 Å². The Kier molecular flexibility index (Phi) is 6.82. The zero-order valence-electron chi connectivity index (χ0n) is 24.3. The number of carboxylic acids is 2. The van der Waals surface area contributed by atoms with Gasteiger partial charge in [-0.25, -0.2) is 9.59 Å². The lowest BCUT2D eigenvalue weighted by Crippen LogP contribution is -2.33. The third-order valence-electron chi connectivity index (χ3n) is 8.71. The molecule has 5 N–H and O–H groups in total. The van der Waals surface area contributed by atoms with Crippen LogP contribution in [0.1, 0.15) is 58.5 Å². The van der Waals surface area contributed by atoms with Gasteiger partial charge in [0.2, 0.25) is 5.91 Å². The second-order valence-electron chi connectivity index (χ2n) is 11.2. The van der Waals surface area contributed by atoms with Gasteiger partial charge in [-0.05, 0) is 49.5 Å². The Bertz CT molecular complexity index is 2320. The number of carbonyl (C=O) groups excluding carboxylic acids is 2. The first-order chi connectivity index (χ1) is 22.3. The van der Waals surface area contributed by atoms with Crippen LogP contribution >= 0.6 is 0 Å². The summed E-state index contributed by atoms with van der Waals surface area (Å²) in [5, 5.41) is 27.6. The number of primary amides is 1. The van der Waals surface area contributed by atoms with Gasteiger partial charge in [0.1, 0.15) is 0 Å². The van der Waals surface area contributed by atoms with E-state index in [4.69, 9.17) is 5.73 Å². The van der Waals surface area contributed by atoms with Gasteiger partial charge in [0.05, 0.1) is 22.3 Å². The Hall–Kier alpha value is -6.28. The van der Waals surface area contributed by atoms with E-state index in [-0.39, 0.29) is 39.7 Å². The highest BCUT2D eigenvalue weighted by molar-refractivity contribution is 6.40. The van der Waals surface area contributed by atoms with Gasteiger partial charge in [0.15, 0.2) is 0 Å². The number of carboxylic acid groups (broad SMARTS) is 2. The number of carbonyl (C=O) groups is 4. The number of fused-ring (bicyclic) bond motifs is 2. The molecule has 8 nitrogen and oxygen atoms in total. The Balaban J connectivity index is 1.55. The smallest absolute Gasteiger partial charge is 0.337 e. The highest BCUT2D eigenvalue weighted by Gasteiger charge is 2.33. The van der Waals surface area contributed by atoms with E-state index < -0.39 is 34.9 Å². The van der Waals surface area contributed by atoms with Gasteiger partial charge in [-0.2, -0.15) is 0 Å². The summed E-state index contributed by atoms with van der Waals surface area (Å²) in [5.41, 5.74) is 6.20. The number of rotatable bonds is 8. The third kappa shape index (κ3) is 4.38. The first-order valence-corrected chi connectivity index (χ1v) is 14.6. The number of nitrogens with one attached hydrogen (secondary N) is 1. The molecule has 0 aliphatic heterocycles. The van der Waals surface area contributed by atoms with Gasteiger partial charge in [0, 0.05) is 23.2 Å². The molecule has 0 heterocycles. The molecule has 224 valence electrons. The normalized spacial score (nSPS) is 11.5. The zero-order valence-corrected chi connectivity index (χ0v) is 24.3. The summed E-state index contributed by atoms with van der Waals surface area (Å²) in [6, 6.07) is 33.1. The summed E-state index contributed by atoms with van der Waals surface area (Å²) in [5.74, 6) is -5.09. The molecule has 0 spiro atoms. The molecular weight excluding hydrogens is 580 g/mol. The van der Waals surface area contributed by atoms with Gasteiger partial charge in [-0.1, -0.05) is 103 Å². The number of nitrogens with two attached hydrogens (primary N) is 1. The molecule has 0 radical (unpaired) electrons. The van der Waals surface area contributed by atoms with E-state index in [9.17, 15) is 29.4 Å². The van der Waals surface area contributed by atoms with Crippen molar-refractivity contribution in [1.29, 1.82) is 0 Å². The molecule has 0 aromatic heterocycles. The van der Waals surface area contributed by atoms with E-state index in [1.807, 2.05) is 84.9 Å². The summed E-state index contributed by atoms with van der Waals surface area (Å²) < 4.78 is 0. The van der Waals surface area contributed by atoms with E-state index in [0.717, 1.165) is 27.3 Å². The van der Waals surface area contributed by atoms with E-state index in [0.29, 0.717) is 10.8 Å². The predicted octanol–water partition coefficient (Wildman–Crippen LogP) is 6.79. The fourth-order valence-corrected chi connectivity index (χ4v) is 6.84. The molecule has 8 heteroatoms. The predicted molar refractivity (Wildman–Crippen MR) is 177 cm³/mol. The summed E-state index contributed by atoms with van der Waals surface area (Å²) >= 11 is 0. The highest BCUT2D eigenvalue weighted by Crippen LogP contribution is 2.45. The molecule has 0 atom stereocenters. The van der Waals surface area contributed by atoms with Gasteiger partial charge < -0.3 is 21.3 Å². The molecule has 0 unspecified atom stereocenters. The van der Waals surface area contributed by atoms with Crippen molar-refractivity contribution in [3.05, 3.63) is 143 Å². The minimum atomic E-state index is -1.56. The molecular formula is C38H26N2O6. The summed E-state index contributed by atoms with van der Waals surface area (Å²) in [4.78, 5) is 53.4. The zero-order chi connectivity index (χ0) is 32.1. The largest absolute Gasteiger partial charge is 0.478 e. The standard InChI is InChI=1S/C38H26N2O6/c39-35(41)32-30-25-16-8-14-22-13-7-15-23(28(22)25)24-17-18-26(37(43)44)31(29(24)30)34(38(45)46)33(32)36(42)40-19-27(20-9-3-1-4-10-20)21-11-5-2-6-12-21/h1-18,27H,19H2,(H2,39,41)(H,40,42)(H,43,44)(H,45,46). The summed E-state index contributed by atoms with van der Waals surface area (Å²) in [6.07, 6.45) is 0. The van der Waals surface area contributed by atoms with Crippen molar-refractivity contribution in [3.8, 4) is 0 Å². The molecule has 0 fully saturated rings. The van der Waals surface area contributed by atoms with E-state index >= 15 is 0 Å². The van der Waals surface area contributed by atoms with Crippen LogP contribution in [0, 0.1) is 0 Å². The SMILES string of the molecule is NC(=O)c1c(C(=O)NCC(c2ccccc2)c2ccccc2)c(C(=O)O)c2c(C(=O)O)ccc3c4cccc5cccc(c1c23)c54. The fourth-order valence-electron chi connectivity index (χ4n) is 6.84. The lowest BCUT2D eigenvalue weighted by molar-refractivity contribution is 0.0692. The topological polar surface area (TPSA) is 147 Å². The molecule has 0 bridgehead atoms.